The molecule has 1 aliphatic carbocycles. The minimum absolute atomic E-state index is 0.109. The summed E-state index contributed by atoms with van der Waals surface area (Å²) >= 11 is 0. The number of hydrogen-bond acceptors (Lipinski definition) is 2. The largest absolute Gasteiger partial charge is 0.435 e. The minimum Gasteiger partial charge on any atom is -0.435 e. The van der Waals surface area contributed by atoms with Gasteiger partial charge in [0, 0.05) is 5.92 Å². The number of nitrogens with two attached hydrogens (primary N) is 1. The molecule has 1 fully saturated rings. The molecule has 86 valence electrons. The fourth-order valence-electron chi connectivity index (χ4n) is 1.77. The third kappa shape index (κ3) is 2.29. The zero-order chi connectivity index (χ0) is 11.7. The van der Waals surface area contributed by atoms with E-state index in [-0.39, 0.29) is 23.5 Å². The van der Waals surface area contributed by atoms with Gasteiger partial charge in [-0.05, 0) is 30.0 Å². The Morgan fingerprint density at radius 2 is 2.00 bits per heavy atom. The van der Waals surface area contributed by atoms with Crippen molar-refractivity contribution in [3.63, 3.8) is 0 Å². The molecule has 1 amide bonds. The van der Waals surface area contributed by atoms with Crippen LogP contribution in [0.15, 0.2) is 24.3 Å². The van der Waals surface area contributed by atoms with E-state index in [4.69, 9.17) is 5.73 Å². The molecule has 2 unspecified atom stereocenters. The second-order valence-electron chi connectivity index (χ2n) is 3.80. The average molecular weight is 227 g/mol. The molecule has 0 bridgehead atoms. The number of rotatable bonds is 4. The number of halogens is 2. The molecule has 2 N–H and O–H groups in total. The second kappa shape index (κ2) is 4.08. The van der Waals surface area contributed by atoms with Gasteiger partial charge in [-0.15, -0.1) is 0 Å². The van der Waals surface area contributed by atoms with Crippen molar-refractivity contribution in [2.24, 2.45) is 11.7 Å². The van der Waals surface area contributed by atoms with Crippen LogP contribution in [0.4, 0.5) is 8.78 Å². The molecule has 16 heavy (non-hydrogen) atoms. The van der Waals surface area contributed by atoms with Crippen molar-refractivity contribution in [1.82, 2.24) is 0 Å². The molecule has 1 aromatic carbocycles. The lowest BCUT2D eigenvalue weighted by Gasteiger charge is -2.05. The van der Waals surface area contributed by atoms with Crippen LogP contribution in [0.25, 0.3) is 0 Å². The highest BCUT2D eigenvalue weighted by Crippen LogP contribution is 2.47. The Morgan fingerprint density at radius 3 is 2.44 bits per heavy atom. The average Bonchev–Trinajstić information content (AvgIpc) is 2.97. The van der Waals surface area contributed by atoms with Crippen LogP contribution in [0.2, 0.25) is 0 Å². The van der Waals surface area contributed by atoms with Crippen molar-refractivity contribution in [1.29, 1.82) is 0 Å². The molecule has 1 saturated carbocycles. The summed E-state index contributed by atoms with van der Waals surface area (Å²) in [5.74, 6) is -0.159. The van der Waals surface area contributed by atoms with Crippen LogP contribution in [0.1, 0.15) is 17.9 Å². The number of carbonyl (C=O) groups excluding carboxylic acids is 1. The quantitative estimate of drug-likeness (QED) is 0.853. The highest BCUT2D eigenvalue weighted by atomic mass is 19.3. The monoisotopic (exact) mass is 227 g/mol. The van der Waals surface area contributed by atoms with E-state index in [0.717, 1.165) is 12.0 Å². The second-order valence-corrected chi connectivity index (χ2v) is 3.80. The van der Waals surface area contributed by atoms with Crippen LogP contribution in [-0.4, -0.2) is 12.5 Å². The van der Waals surface area contributed by atoms with Crippen LogP contribution in [-0.2, 0) is 4.79 Å². The maximum atomic E-state index is 11.9. The van der Waals surface area contributed by atoms with Gasteiger partial charge in [0.1, 0.15) is 5.75 Å². The molecule has 2 atom stereocenters. The molecule has 0 radical (unpaired) electrons. The maximum Gasteiger partial charge on any atom is 0.387 e. The van der Waals surface area contributed by atoms with Crippen LogP contribution < -0.4 is 10.5 Å². The van der Waals surface area contributed by atoms with E-state index < -0.39 is 6.61 Å². The van der Waals surface area contributed by atoms with E-state index in [9.17, 15) is 13.6 Å². The Morgan fingerprint density at radius 1 is 1.38 bits per heavy atom. The fraction of sp³-hybridized carbons (Fsp3) is 0.364. The van der Waals surface area contributed by atoms with Gasteiger partial charge in [-0.1, -0.05) is 12.1 Å². The molecule has 0 aromatic heterocycles. The Labute approximate surface area is 91.2 Å². The molecule has 5 heteroatoms. The predicted octanol–water partition coefficient (Wildman–Crippen LogP) is 1.88. The van der Waals surface area contributed by atoms with Crippen molar-refractivity contribution in [3.8, 4) is 5.75 Å². The van der Waals surface area contributed by atoms with Crippen molar-refractivity contribution in [2.45, 2.75) is 19.0 Å². The van der Waals surface area contributed by atoms with Crippen molar-refractivity contribution >= 4 is 5.91 Å². The molecule has 2 rings (SSSR count). The van der Waals surface area contributed by atoms with Crippen LogP contribution in [0.5, 0.6) is 5.75 Å². The molecule has 0 aliphatic heterocycles. The summed E-state index contributed by atoms with van der Waals surface area (Å²) in [5.41, 5.74) is 6.09. The summed E-state index contributed by atoms with van der Waals surface area (Å²) < 4.78 is 28.0. The first-order valence-electron chi connectivity index (χ1n) is 4.92. The fourth-order valence-corrected chi connectivity index (χ4v) is 1.77. The van der Waals surface area contributed by atoms with E-state index in [2.05, 4.69) is 4.74 Å². The van der Waals surface area contributed by atoms with E-state index in [1.54, 1.807) is 12.1 Å². The van der Waals surface area contributed by atoms with Gasteiger partial charge in [0.15, 0.2) is 0 Å². The molecule has 1 aromatic rings. The first-order valence-corrected chi connectivity index (χ1v) is 4.92. The van der Waals surface area contributed by atoms with Crippen LogP contribution in [0, 0.1) is 5.92 Å². The Bertz CT molecular complexity index is 391. The number of alkyl halides is 2. The first kappa shape index (κ1) is 10.9. The van der Waals surface area contributed by atoms with Gasteiger partial charge in [0.2, 0.25) is 5.91 Å². The van der Waals surface area contributed by atoms with Gasteiger partial charge in [-0.25, -0.2) is 0 Å². The summed E-state index contributed by atoms with van der Waals surface area (Å²) in [4.78, 5) is 10.9. The zero-order valence-corrected chi connectivity index (χ0v) is 8.40. The standard InChI is InChI=1S/C11H11F2NO2/c12-11(13)16-7-3-1-6(2-4-7)8-5-9(8)10(14)15/h1-4,8-9,11H,5H2,(H2,14,15). The Hall–Kier alpha value is -1.65. The van der Waals surface area contributed by atoms with Gasteiger partial charge in [-0.2, -0.15) is 8.78 Å². The van der Waals surface area contributed by atoms with Crippen LogP contribution in [0.3, 0.4) is 0 Å². The number of carbonyl (C=O) groups is 1. The third-order valence-corrected chi connectivity index (χ3v) is 2.69. The molecule has 0 heterocycles. The summed E-state index contributed by atoms with van der Waals surface area (Å²) in [7, 11) is 0. The van der Waals surface area contributed by atoms with E-state index in [0.29, 0.717) is 0 Å². The summed E-state index contributed by atoms with van der Waals surface area (Å²) in [6.45, 7) is -2.81. The number of hydrogen-bond donors (Lipinski definition) is 1. The van der Waals surface area contributed by atoms with Gasteiger partial charge < -0.3 is 10.5 Å². The van der Waals surface area contributed by atoms with Crippen molar-refractivity contribution in [3.05, 3.63) is 29.8 Å². The number of ether oxygens (including phenoxy) is 1. The molecule has 1 aliphatic rings. The lowest BCUT2D eigenvalue weighted by atomic mass is 10.1. The Kier molecular flexibility index (Phi) is 2.77. The molecular formula is C11H11F2NO2. The molecular weight excluding hydrogens is 216 g/mol. The predicted molar refractivity (Wildman–Crippen MR) is 53.1 cm³/mol. The number of amides is 1. The molecule has 3 nitrogen and oxygen atoms in total. The van der Waals surface area contributed by atoms with E-state index in [1.165, 1.54) is 12.1 Å². The number of benzene rings is 1. The molecule has 0 saturated heterocycles. The summed E-state index contributed by atoms with van der Waals surface area (Å²) in [6, 6.07) is 6.31. The number of primary amides is 1. The van der Waals surface area contributed by atoms with Gasteiger partial charge in [-0.3, -0.25) is 4.79 Å². The van der Waals surface area contributed by atoms with Gasteiger partial charge in [0.05, 0.1) is 0 Å². The lowest BCUT2D eigenvalue weighted by molar-refractivity contribution is -0.119. The van der Waals surface area contributed by atoms with E-state index in [1.807, 2.05) is 0 Å². The first-order chi connectivity index (χ1) is 7.58. The van der Waals surface area contributed by atoms with Crippen LogP contribution >= 0.6 is 0 Å². The smallest absolute Gasteiger partial charge is 0.387 e. The SMILES string of the molecule is NC(=O)C1CC1c1ccc(OC(F)F)cc1. The van der Waals surface area contributed by atoms with Crippen molar-refractivity contribution in [2.75, 3.05) is 0 Å². The highest BCUT2D eigenvalue weighted by molar-refractivity contribution is 5.81. The van der Waals surface area contributed by atoms with E-state index >= 15 is 0 Å². The minimum atomic E-state index is -2.81. The van der Waals surface area contributed by atoms with Gasteiger partial charge in [0.25, 0.3) is 0 Å². The maximum absolute atomic E-state index is 11.9. The molecule has 0 spiro atoms. The van der Waals surface area contributed by atoms with Gasteiger partial charge >= 0.3 is 6.61 Å². The highest BCUT2D eigenvalue weighted by Gasteiger charge is 2.42. The van der Waals surface area contributed by atoms with Crippen molar-refractivity contribution < 1.29 is 18.3 Å². The zero-order valence-electron chi connectivity index (χ0n) is 8.40. The lowest BCUT2D eigenvalue weighted by Crippen LogP contribution is -2.13. The third-order valence-electron chi connectivity index (χ3n) is 2.69. The Balaban J connectivity index is 2.01. The topological polar surface area (TPSA) is 52.3 Å². The summed E-state index contributed by atoms with van der Waals surface area (Å²) in [5, 5.41) is 0. The summed E-state index contributed by atoms with van der Waals surface area (Å²) in [6.07, 6.45) is 0.740. The normalized spacial score (nSPS) is 23.2.